The average Bonchev–Trinajstić information content (AvgIpc) is 2.44. The Hall–Kier alpha value is -0.650. The van der Waals surface area contributed by atoms with Crippen LogP contribution in [0.3, 0.4) is 0 Å². The smallest absolute Gasteiger partial charge is 0.228 e. The molecule has 0 spiro atoms. The molecule has 4 saturated carbocycles. The lowest BCUT2D eigenvalue weighted by atomic mass is 9.35. The molecule has 0 aromatic heterocycles. The number of nitrogens with zero attached hydrogens (tertiary/aromatic N) is 1. The van der Waals surface area contributed by atoms with Crippen molar-refractivity contribution < 1.29 is 19.0 Å². The summed E-state index contributed by atoms with van der Waals surface area (Å²) in [5, 5.41) is 0. The van der Waals surface area contributed by atoms with Crippen LogP contribution in [0.4, 0.5) is 0 Å². The normalized spacial score (nSPS) is 35.3. The number of carbonyl (C=O) groups excluding carboxylic acids is 1. The third kappa shape index (κ3) is 4.10. The minimum atomic E-state index is -0.0587. The number of hydrogen-bond donors (Lipinski definition) is 0. The maximum absolute atomic E-state index is 12.8. The second kappa shape index (κ2) is 7.40. The van der Waals surface area contributed by atoms with Gasteiger partial charge in [-0.05, 0) is 71.1 Å². The van der Waals surface area contributed by atoms with Gasteiger partial charge in [-0.2, -0.15) is 0 Å². The van der Waals surface area contributed by atoms with E-state index in [0.29, 0.717) is 23.5 Å². The maximum atomic E-state index is 12.8. The second-order valence-electron chi connectivity index (χ2n) is 9.93. The molecule has 1 amide bonds. The molecule has 0 heterocycles. The maximum Gasteiger partial charge on any atom is 0.228 e. The minimum absolute atomic E-state index is 0.0509. The SMILES string of the molecule is COC1CC(N(C)C(=O)C23CC(COCCCCOC(C)(C)C)(C2)C3)C1. The van der Waals surface area contributed by atoms with E-state index in [1.54, 1.807) is 7.11 Å². The van der Waals surface area contributed by atoms with Crippen molar-refractivity contribution in [3.05, 3.63) is 0 Å². The van der Waals surface area contributed by atoms with Gasteiger partial charge >= 0.3 is 0 Å². The molecule has 0 saturated heterocycles. The van der Waals surface area contributed by atoms with Gasteiger partial charge in [0.05, 0.1) is 23.7 Å². The summed E-state index contributed by atoms with van der Waals surface area (Å²) < 4.78 is 17.0. The highest BCUT2D eigenvalue weighted by molar-refractivity contribution is 5.86. The standard InChI is InChI=1S/C21H37NO4/c1-19(2,3)26-9-7-6-8-25-15-20-12-21(13-20,14-20)18(23)22(4)16-10-17(11-16)24-5/h16-17H,6-15H2,1-5H3. The third-order valence-electron chi connectivity index (χ3n) is 6.49. The Morgan fingerprint density at radius 2 is 1.73 bits per heavy atom. The molecule has 26 heavy (non-hydrogen) atoms. The Morgan fingerprint density at radius 3 is 2.31 bits per heavy atom. The summed E-state index contributed by atoms with van der Waals surface area (Å²) >= 11 is 0. The molecule has 4 aliphatic carbocycles. The van der Waals surface area contributed by atoms with Crippen molar-refractivity contribution in [2.24, 2.45) is 10.8 Å². The molecule has 0 radical (unpaired) electrons. The van der Waals surface area contributed by atoms with Crippen molar-refractivity contribution in [1.82, 2.24) is 4.90 Å². The van der Waals surface area contributed by atoms with Crippen LogP contribution in [-0.2, 0) is 19.0 Å². The number of amides is 1. The van der Waals surface area contributed by atoms with E-state index >= 15 is 0 Å². The van der Waals surface area contributed by atoms with E-state index in [4.69, 9.17) is 14.2 Å². The molecule has 150 valence electrons. The van der Waals surface area contributed by atoms with E-state index in [1.165, 1.54) is 0 Å². The van der Waals surface area contributed by atoms with Crippen LogP contribution in [0.15, 0.2) is 0 Å². The van der Waals surface area contributed by atoms with Crippen molar-refractivity contribution in [3.63, 3.8) is 0 Å². The highest BCUT2D eigenvalue weighted by Gasteiger charge is 2.72. The molecule has 5 heteroatoms. The molecule has 5 nitrogen and oxygen atoms in total. The molecule has 0 aromatic rings. The number of rotatable bonds is 10. The molecule has 0 N–H and O–H groups in total. The zero-order valence-electron chi connectivity index (χ0n) is 17.3. The van der Waals surface area contributed by atoms with E-state index in [-0.39, 0.29) is 11.0 Å². The zero-order valence-corrected chi connectivity index (χ0v) is 17.3. The van der Waals surface area contributed by atoms with Crippen LogP contribution >= 0.6 is 0 Å². The Morgan fingerprint density at radius 1 is 1.12 bits per heavy atom. The highest BCUT2D eigenvalue weighted by atomic mass is 16.5. The van der Waals surface area contributed by atoms with Crippen LogP contribution in [0, 0.1) is 10.8 Å². The monoisotopic (exact) mass is 367 g/mol. The topological polar surface area (TPSA) is 48.0 Å². The summed E-state index contributed by atoms with van der Waals surface area (Å²) in [6, 6.07) is 0.379. The lowest BCUT2D eigenvalue weighted by Gasteiger charge is -2.70. The van der Waals surface area contributed by atoms with Gasteiger partial charge in [-0.1, -0.05) is 0 Å². The predicted molar refractivity (Wildman–Crippen MR) is 101 cm³/mol. The largest absolute Gasteiger partial charge is 0.381 e. The van der Waals surface area contributed by atoms with E-state index in [0.717, 1.165) is 64.8 Å². The van der Waals surface area contributed by atoms with E-state index in [2.05, 4.69) is 20.8 Å². The molecule has 2 bridgehead atoms. The van der Waals surface area contributed by atoms with Crippen LogP contribution < -0.4 is 0 Å². The van der Waals surface area contributed by atoms with E-state index < -0.39 is 0 Å². The molecule has 0 atom stereocenters. The lowest BCUT2D eigenvalue weighted by molar-refractivity contribution is -0.236. The summed E-state index contributed by atoms with van der Waals surface area (Å²) in [7, 11) is 3.73. The Bertz CT molecular complexity index is 487. The van der Waals surface area contributed by atoms with Crippen molar-refractivity contribution in [1.29, 1.82) is 0 Å². The number of hydrogen-bond acceptors (Lipinski definition) is 4. The highest BCUT2D eigenvalue weighted by Crippen LogP contribution is 2.74. The van der Waals surface area contributed by atoms with Crippen molar-refractivity contribution >= 4 is 5.91 Å². The van der Waals surface area contributed by atoms with E-state index in [1.807, 2.05) is 11.9 Å². The molecular formula is C21H37NO4. The van der Waals surface area contributed by atoms with Crippen LogP contribution in [-0.4, -0.2) is 62.5 Å². The predicted octanol–water partition coefficient (Wildman–Crippen LogP) is 3.40. The van der Waals surface area contributed by atoms with Gasteiger partial charge in [-0.15, -0.1) is 0 Å². The van der Waals surface area contributed by atoms with Gasteiger partial charge < -0.3 is 19.1 Å². The van der Waals surface area contributed by atoms with Crippen LogP contribution in [0.2, 0.25) is 0 Å². The summed E-state index contributed by atoms with van der Waals surface area (Å²) in [6.45, 7) is 8.68. The minimum Gasteiger partial charge on any atom is -0.381 e. The van der Waals surface area contributed by atoms with Crippen molar-refractivity contribution in [3.8, 4) is 0 Å². The Balaban J connectivity index is 1.27. The number of ether oxygens (including phenoxy) is 3. The quantitative estimate of drug-likeness (QED) is 0.555. The third-order valence-corrected chi connectivity index (χ3v) is 6.49. The first-order valence-electron chi connectivity index (χ1n) is 10.2. The summed E-state index contributed by atoms with van der Waals surface area (Å²) in [4.78, 5) is 14.8. The van der Waals surface area contributed by atoms with Gasteiger partial charge in [0.25, 0.3) is 0 Å². The molecule has 4 fully saturated rings. The Labute approximate surface area is 158 Å². The molecule has 0 aliphatic heterocycles. The van der Waals surface area contributed by atoms with Gasteiger partial charge in [-0.25, -0.2) is 0 Å². The molecule has 4 aliphatic rings. The molecular weight excluding hydrogens is 330 g/mol. The van der Waals surface area contributed by atoms with Crippen molar-refractivity contribution in [2.75, 3.05) is 34.0 Å². The van der Waals surface area contributed by atoms with E-state index in [9.17, 15) is 4.79 Å². The average molecular weight is 368 g/mol. The van der Waals surface area contributed by atoms with Gasteiger partial charge in [0.1, 0.15) is 0 Å². The zero-order chi connectivity index (χ0) is 19.0. The van der Waals surface area contributed by atoms with Crippen LogP contribution in [0.1, 0.15) is 65.7 Å². The number of unbranched alkanes of at least 4 members (excludes halogenated alkanes) is 1. The molecule has 0 unspecified atom stereocenters. The molecule has 4 rings (SSSR count). The van der Waals surface area contributed by atoms with Gasteiger partial charge in [0.2, 0.25) is 5.91 Å². The van der Waals surface area contributed by atoms with Gasteiger partial charge in [0, 0.05) is 33.4 Å². The first-order chi connectivity index (χ1) is 12.2. The first-order valence-corrected chi connectivity index (χ1v) is 10.2. The van der Waals surface area contributed by atoms with Gasteiger partial charge in [-0.3, -0.25) is 4.79 Å². The van der Waals surface area contributed by atoms with Gasteiger partial charge in [0.15, 0.2) is 0 Å². The Kier molecular flexibility index (Phi) is 5.72. The summed E-state index contributed by atoms with van der Waals surface area (Å²) in [6.07, 6.45) is 7.48. The summed E-state index contributed by atoms with van der Waals surface area (Å²) in [5.41, 5.74) is 0.189. The fourth-order valence-electron chi connectivity index (χ4n) is 4.94. The second-order valence-corrected chi connectivity index (χ2v) is 9.93. The molecule has 0 aromatic carbocycles. The lowest BCUT2D eigenvalue weighted by Crippen LogP contribution is -2.70. The van der Waals surface area contributed by atoms with Crippen LogP contribution in [0.25, 0.3) is 0 Å². The fraction of sp³-hybridized carbons (Fsp3) is 0.952. The van der Waals surface area contributed by atoms with Crippen LogP contribution in [0.5, 0.6) is 0 Å². The number of methoxy groups -OCH3 is 1. The number of carbonyl (C=O) groups is 1. The fourth-order valence-corrected chi connectivity index (χ4v) is 4.94. The van der Waals surface area contributed by atoms with Crippen molar-refractivity contribution in [2.45, 2.75) is 83.5 Å². The summed E-state index contributed by atoms with van der Waals surface area (Å²) in [5.74, 6) is 0.359. The first kappa shape index (κ1) is 20.1.